The number of aliphatic imine (C=N–C) groups is 1. The fourth-order valence-corrected chi connectivity index (χ4v) is 3.82. The van der Waals surface area contributed by atoms with Gasteiger partial charge in [-0.1, -0.05) is 54.6 Å². The van der Waals surface area contributed by atoms with E-state index in [-0.39, 0.29) is 29.4 Å². The van der Waals surface area contributed by atoms with Crippen LogP contribution in [0.1, 0.15) is 29.5 Å². The van der Waals surface area contributed by atoms with Crippen molar-refractivity contribution in [2.24, 2.45) is 4.99 Å². The van der Waals surface area contributed by atoms with Crippen molar-refractivity contribution >= 4 is 29.9 Å². The van der Waals surface area contributed by atoms with Crippen molar-refractivity contribution in [3.8, 4) is 0 Å². The van der Waals surface area contributed by atoms with Gasteiger partial charge in [0.25, 0.3) is 0 Å². The maximum Gasteiger partial charge on any atom is 0.193 e. The van der Waals surface area contributed by atoms with Gasteiger partial charge in [-0.2, -0.15) is 0 Å². The van der Waals surface area contributed by atoms with Gasteiger partial charge in [0.05, 0.1) is 6.54 Å². The van der Waals surface area contributed by atoms with Crippen LogP contribution in [-0.2, 0) is 16.7 Å². The average Bonchev–Trinajstić information content (AvgIpc) is 2.69. The average molecular weight is 493 g/mol. The zero-order valence-corrected chi connectivity index (χ0v) is 19.5. The first-order chi connectivity index (χ1) is 13.1. The van der Waals surface area contributed by atoms with E-state index in [1.807, 2.05) is 20.2 Å². The van der Waals surface area contributed by atoms with Crippen LogP contribution in [0, 0.1) is 6.92 Å². The molecule has 0 unspecified atom stereocenters. The molecule has 0 saturated carbocycles. The predicted octanol–water partition coefficient (Wildman–Crippen LogP) is 4.37. The number of rotatable bonds is 5. The van der Waals surface area contributed by atoms with Gasteiger partial charge in [-0.15, -0.1) is 24.0 Å². The molecule has 1 aliphatic rings. The summed E-state index contributed by atoms with van der Waals surface area (Å²) in [7, 11) is 4.09. The Bertz CT molecular complexity index is 755. The first kappa shape index (κ1) is 22.7. The number of aryl methyl sites for hydroxylation is 1. The van der Waals surface area contributed by atoms with Gasteiger partial charge < -0.3 is 15.0 Å². The fraction of sp³-hybridized carbons (Fsp3) is 0.435. The summed E-state index contributed by atoms with van der Waals surface area (Å²) in [5.74, 6) is 0.929. The zero-order chi connectivity index (χ0) is 19.1. The van der Waals surface area contributed by atoms with Crippen LogP contribution < -0.4 is 5.32 Å². The second-order valence-corrected chi connectivity index (χ2v) is 7.58. The molecule has 3 rings (SSSR count). The van der Waals surface area contributed by atoms with E-state index in [4.69, 9.17) is 9.73 Å². The highest BCUT2D eigenvalue weighted by atomic mass is 127. The molecule has 0 atom stereocenters. The molecule has 0 radical (unpaired) electrons. The minimum absolute atomic E-state index is 0. The van der Waals surface area contributed by atoms with Crippen molar-refractivity contribution in [1.82, 2.24) is 10.2 Å². The number of ether oxygens (including phenoxy) is 1. The summed E-state index contributed by atoms with van der Waals surface area (Å²) in [6.45, 7) is 5.39. The molecule has 1 saturated heterocycles. The Morgan fingerprint density at radius 1 is 1.04 bits per heavy atom. The zero-order valence-electron chi connectivity index (χ0n) is 17.1. The van der Waals surface area contributed by atoms with E-state index in [1.54, 1.807) is 0 Å². The second-order valence-electron chi connectivity index (χ2n) is 7.58. The number of halogens is 1. The van der Waals surface area contributed by atoms with Gasteiger partial charge in [-0.3, -0.25) is 0 Å². The van der Waals surface area contributed by atoms with Gasteiger partial charge in [0.1, 0.15) is 0 Å². The third-order valence-electron chi connectivity index (χ3n) is 5.43. The van der Waals surface area contributed by atoms with Crippen LogP contribution in [0.2, 0.25) is 0 Å². The van der Waals surface area contributed by atoms with Crippen molar-refractivity contribution < 1.29 is 4.74 Å². The molecule has 1 fully saturated rings. The Balaban J connectivity index is 0.00000280. The molecule has 1 N–H and O–H groups in total. The van der Waals surface area contributed by atoms with Gasteiger partial charge in [0.15, 0.2) is 5.96 Å². The van der Waals surface area contributed by atoms with Crippen LogP contribution in [0.5, 0.6) is 0 Å². The lowest BCUT2D eigenvalue weighted by atomic mass is 9.72. The van der Waals surface area contributed by atoms with Crippen LogP contribution in [0.25, 0.3) is 0 Å². The Labute approximate surface area is 186 Å². The lowest BCUT2D eigenvalue weighted by Crippen LogP contribution is -2.48. The molecule has 28 heavy (non-hydrogen) atoms. The molecule has 2 aromatic rings. The summed E-state index contributed by atoms with van der Waals surface area (Å²) in [5.41, 5.74) is 4.10. The van der Waals surface area contributed by atoms with Crippen LogP contribution in [0.3, 0.4) is 0 Å². The molecule has 2 aromatic carbocycles. The van der Waals surface area contributed by atoms with E-state index in [0.717, 1.165) is 38.6 Å². The van der Waals surface area contributed by atoms with E-state index in [9.17, 15) is 0 Å². The Kier molecular flexibility index (Phi) is 8.76. The highest BCUT2D eigenvalue weighted by molar-refractivity contribution is 14.0. The summed E-state index contributed by atoms with van der Waals surface area (Å²) in [6, 6.07) is 19.1. The van der Waals surface area contributed by atoms with E-state index in [1.165, 1.54) is 16.7 Å². The van der Waals surface area contributed by atoms with Crippen LogP contribution in [0.15, 0.2) is 59.6 Å². The monoisotopic (exact) mass is 493 g/mol. The quantitative estimate of drug-likeness (QED) is 0.382. The minimum Gasteiger partial charge on any atom is -0.381 e. The summed E-state index contributed by atoms with van der Waals surface area (Å²) in [5, 5.41) is 3.65. The lowest BCUT2D eigenvalue weighted by Gasteiger charge is -2.39. The summed E-state index contributed by atoms with van der Waals surface area (Å²) >= 11 is 0. The molecular formula is C23H32IN3O. The molecule has 0 aliphatic carbocycles. The van der Waals surface area contributed by atoms with E-state index in [2.05, 4.69) is 65.7 Å². The van der Waals surface area contributed by atoms with Gasteiger partial charge in [-0.25, -0.2) is 4.99 Å². The van der Waals surface area contributed by atoms with E-state index in [0.29, 0.717) is 6.54 Å². The smallest absolute Gasteiger partial charge is 0.193 e. The largest absolute Gasteiger partial charge is 0.381 e. The Morgan fingerprint density at radius 3 is 2.32 bits per heavy atom. The summed E-state index contributed by atoms with van der Waals surface area (Å²) in [6.07, 6.45) is 2.06. The first-order valence-electron chi connectivity index (χ1n) is 9.74. The molecule has 0 amide bonds. The predicted molar refractivity (Wildman–Crippen MR) is 128 cm³/mol. The lowest BCUT2D eigenvalue weighted by molar-refractivity contribution is 0.0510. The van der Waals surface area contributed by atoms with Crippen LogP contribution in [-0.4, -0.2) is 44.7 Å². The molecule has 0 aromatic heterocycles. The van der Waals surface area contributed by atoms with E-state index < -0.39 is 0 Å². The second kappa shape index (κ2) is 10.8. The number of nitrogens with one attached hydrogen (secondary N) is 1. The van der Waals surface area contributed by atoms with Crippen LogP contribution in [0.4, 0.5) is 0 Å². The molecule has 5 heteroatoms. The van der Waals surface area contributed by atoms with Gasteiger partial charge >= 0.3 is 0 Å². The SMILES string of the molecule is Cc1ccccc1C1(CNC(=NCc2ccccc2)N(C)C)CCOCC1.I. The van der Waals surface area contributed by atoms with Crippen molar-refractivity contribution in [3.05, 3.63) is 71.3 Å². The Hall–Kier alpha value is -1.60. The number of nitrogens with zero attached hydrogens (tertiary/aromatic N) is 2. The normalized spacial score (nSPS) is 16.2. The maximum absolute atomic E-state index is 5.68. The summed E-state index contributed by atoms with van der Waals surface area (Å²) < 4.78 is 5.68. The molecule has 1 aliphatic heterocycles. The van der Waals surface area contributed by atoms with E-state index >= 15 is 0 Å². The highest BCUT2D eigenvalue weighted by Crippen LogP contribution is 2.36. The first-order valence-corrected chi connectivity index (χ1v) is 9.74. The molecule has 4 nitrogen and oxygen atoms in total. The third-order valence-corrected chi connectivity index (χ3v) is 5.43. The van der Waals surface area contributed by atoms with Gasteiger partial charge in [-0.05, 0) is 36.5 Å². The fourth-order valence-electron chi connectivity index (χ4n) is 3.82. The molecule has 0 bridgehead atoms. The number of hydrogen-bond donors (Lipinski definition) is 1. The highest BCUT2D eigenvalue weighted by Gasteiger charge is 2.35. The maximum atomic E-state index is 5.68. The minimum atomic E-state index is 0. The van der Waals surface area contributed by atoms with Crippen LogP contribution >= 0.6 is 24.0 Å². The topological polar surface area (TPSA) is 36.9 Å². The molecule has 152 valence electrons. The summed E-state index contributed by atoms with van der Waals surface area (Å²) in [4.78, 5) is 6.89. The van der Waals surface area contributed by atoms with Crippen molar-refractivity contribution in [2.75, 3.05) is 33.9 Å². The van der Waals surface area contributed by atoms with Gasteiger partial charge in [0, 0.05) is 39.3 Å². The molecular weight excluding hydrogens is 461 g/mol. The van der Waals surface area contributed by atoms with Crippen molar-refractivity contribution in [1.29, 1.82) is 0 Å². The molecule has 0 spiro atoms. The molecule has 1 heterocycles. The van der Waals surface area contributed by atoms with Crippen molar-refractivity contribution in [3.63, 3.8) is 0 Å². The number of benzene rings is 2. The van der Waals surface area contributed by atoms with Crippen molar-refractivity contribution in [2.45, 2.75) is 31.7 Å². The number of guanidine groups is 1. The number of hydrogen-bond acceptors (Lipinski definition) is 2. The standard InChI is InChI=1S/C23H31N3O.HI/c1-19-9-7-8-12-21(19)23(13-15-27-16-14-23)18-25-22(26(2)3)24-17-20-10-5-4-6-11-20;/h4-12H,13-18H2,1-3H3,(H,24,25);1H. The van der Waals surface area contributed by atoms with Gasteiger partial charge in [0.2, 0.25) is 0 Å². The Morgan fingerprint density at radius 2 is 1.68 bits per heavy atom. The third kappa shape index (κ3) is 5.70.